The van der Waals surface area contributed by atoms with E-state index in [9.17, 15) is 22.4 Å². The Balaban J connectivity index is 3.27. The summed E-state index contributed by atoms with van der Waals surface area (Å²) in [5, 5.41) is 0. The van der Waals surface area contributed by atoms with E-state index in [0.717, 1.165) is 12.1 Å². The van der Waals surface area contributed by atoms with Crippen LogP contribution in [0.15, 0.2) is 18.2 Å². The number of amides is 1. The van der Waals surface area contributed by atoms with Crippen molar-refractivity contribution < 1.29 is 22.4 Å². The Morgan fingerprint density at radius 3 is 2.13 bits per heavy atom. The molecular formula is C9H7F4NO. The Labute approximate surface area is 82.7 Å². The molecule has 0 atom stereocenters. The van der Waals surface area contributed by atoms with Gasteiger partial charge in [-0.05, 0) is 6.07 Å². The number of halogens is 4. The fraction of sp³-hybridized carbons (Fsp3) is 0.222. The highest BCUT2D eigenvalue weighted by Crippen LogP contribution is 2.27. The van der Waals surface area contributed by atoms with Gasteiger partial charge in [0, 0.05) is 16.7 Å². The fourth-order valence-electron chi connectivity index (χ4n) is 1.11. The predicted octanol–water partition coefficient (Wildman–Crippen LogP) is 2.66. The topological polar surface area (TPSA) is 43.1 Å². The summed E-state index contributed by atoms with van der Waals surface area (Å²) in [4.78, 5) is 10.7. The van der Waals surface area contributed by atoms with E-state index in [1.54, 1.807) is 0 Å². The van der Waals surface area contributed by atoms with Crippen LogP contribution >= 0.6 is 0 Å². The highest BCUT2D eigenvalue weighted by atomic mass is 19.3. The van der Waals surface area contributed by atoms with Gasteiger partial charge < -0.3 is 5.73 Å². The molecule has 1 aromatic rings. The van der Waals surface area contributed by atoms with Gasteiger partial charge in [0.15, 0.2) is 0 Å². The van der Waals surface area contributed by atoms with Gasteiger partial charge in [0.05, 0.1) is 0 Å². The third kappa shape index (κ3) is 2.45. The van der Waals surface area contributed by atoms with Crippen LogP contribution in [0.4, 0.5) is 17.6 Å². The molecule has 0 aliphatic rings. The molecule has 6 heteroatoms. The molecule has 0 spiro atoms. The normalized spacial score (nSPS) is 11.1. The molecular weight excluding hydrogens is 214 g/mol. The molecule has 2 N–H and O–H groups in total. The van der Waals surface area contributed by atoms with E-state index < -0.39 is 35.4 Å². The Bertz CT molecular complexity index is 378. The van der Waals surface area contributed by atoms with E-state index in [-0.39, 0.29) is 0 Å². The smallest absolute Gasteiger partial charge is 0.264 e. The maximum Gasteiger partial charge on any atom is 0.264 e. The number of carbonyl (C=O) groups is 1. The minimum atomic E-state index is -2.92. The summed E-state index contributed by atoms with van der Waals surface area (Å²) in [5.74, 6) is -1.15. The third-order valence-electron chi connectivity index (χ3n) is 1.83. The molecule has 0 aliphatic heterocycles. The second-order valence-corrected chi connectivity index (χ2v) is 2.81. The number of hydrogen-bond acceptors (Lipinski definition) is 1. The number of alkyl halides is 4. The summed E-state index contributed by atoms with van der Waals surface area (Å²) in [7, 11) is 0. The first kappa shape index (κ1) is 11.5. The molecule has 0 saturated carbocycles. The first-order valence-corrected chi connectivity index (χ1v) is 3.93. The van der Waals surface area contributed by atoms with Crippen molar-refractivity contribution in [3.8, 4) is 0 Å². The zero-order valence-electron chi connectivity index (χ0n) is 7.38. The molecule has 0 bridgehead atoms. The fourth-order valence-corrected chi connectivity index (χ4v) is 1.11. The van der Waals surface area contributed by atoms with Crippen molar-refractivity contribution in [1.82, 2.24) is 0 Å². The minimum absolute atomic E-state index is 0.506. The van der Waals surface area contributed by atoms with Crippen molar-refractivity contribution in [2.75, 3.05) is 0 Å². The quantitative estimate of drug-likeness (QED) is 0.783. The van der Waals surface area contributed by atoms with Gasteiger partial charge in [-0.15, -0.1) is 0 Å². The maximum absolute atomic E-state index is 12.3. The molecule has 0 aliphatic carbocycles. The highest BCUT2D eigenvalue weighted by molar-refractivity contribution is 5.94. The van der Waals surface area contributed by atoms with Crippen molar-refractivity contribution in [2.24, 2.45) is 5.73 Å². The Morgan fingerprint density at radius 1 is 1.13 bits per heavy atom. The van der Waals surface area contributed by atoms with Crippen molar-refractivity contribution >= 4 is 5.91 Å². The SMILES string of the molecule is NC(=O)c1cc(C(F)F)ccc1C(F)F. The van der Waals surface area contributed by atoms with Gasteiger partial charge in [-0.3, -0.25) is 4.79 Å². The molecule has 0 unspecified atom stereocenters. The number of rotatable bonds is 3. The summed E-state index contributed by atoms with van der Waals surface area (Å²) < 4.78 is 49.1. The second-order valence-electron chi connectivity index (χ2n) is 2.81. The van der Waals surface area contributed by atoms with Crippen LogP contribution in [-0.4, -0.2) is 5.91 Å². The lowest BCUT2D eigenvalue weighted by Gasteiger charge is -2.07. The van der Waals surface area contributed by atoms with Crippen LogP contribution in [0.5, 0.6) is 0 Å². The molecule has 1 rings (SSSR count). The number of benzene rings is 1. The number of primary amides is 1. The van der Waals surface area contributed by atoms with Crippen LogP contribution in [0, 0.1) is 0 Å². The number of hydrogen-bond donors (Lipinski definition) is 1. The highest BCUT2D eigenvalue weighted by Gasteiger charge is 2.19. The summed E-state index contributed by atoms with van der Waals surface area (Å²) >= 11 is 0. The Kier molecular flexibility index (Phi) is 3.28. The molecule has 82 valence electrons. The van der Waals surface area contributed by atoms with E-state index in [4.69, 9.17) is 5.73 Å². The van der Waals surface area contributed by atoms with Gasteiger partial charge in [-0.2, -0.15) is 0 Å². The third-order valence-corrected chi connectivity index (χ3v) is 1.83. The van der Waals surface area contributed by atoms with Gasteiger partial charge >= 0.3 is 0 Å². The Morgan fingerprint density at radius 2 is 1.73 bits per heavy atom. The van der Waals surface area contributed by atoms with Crippen molar-refractivity contribution in [2.45, 2.75) is 12.9 Å². The lowest BCUT2D eigenvalue weighted by Crippen LogP contribution is -2.14. The van der Waals surface area contributed by atoms with Gasteiger partial charge in [0.2, 0.25) is 5.91 Å². The largest absolute Gasteiger partial charge is 0.366 e. The predicted molar refractivity (Wildman–Crippen MR) is 44.9 cm³/mol. The van der Waals surface area contributed by atoms with Crippen LogP contribution in [0.25, 0.3) is 0 Å². The zero-order valence-corrected chi connectivity index (χ0v) is 7.38. The van der Waals surface area contributed by atoms with Crippen LogP contribution in [-0.2, 0) is 0 Å². The second kappa shape index (κ2) is 4.29. The molecule has 0 fully saturated rings. The van der Waals surface area contributed by atoms with E-state index in [2.05, 4.69) is 0 Å². The van der Waals surface area contributed by atoms with Crippen LogP contribution in [0.1, 0.15) is 34.3 Å². The monoisotopic (exact) mass is 221 g/mol. The Hall–Kier alpha value is -1.59. The maximum atomic E-state index is 12.3. The molecule has 15 heavy (non-hydrogen) atoms. The molecule has 0 saturated heterocycles. The minimum Gasteiger partial charge on any atom is -0.366 e. The molecule has 0 aromatic heterocycles. The standard InChI is InChI=1S/C9H7F4NO/c10-7(11)4-1-2-5(8(12)13)6(3-4)9(14)15/h1-3,7-8H,(H2,14,15). The molecule has 1 aromatic carbocycles. The van der Waals surface area contributed by atoms with Gasteiger partial charge in [-0.1, -0.05) is 12.1 Å². The van der Waals surface area contributed by atoms with Crippen molar-refractivity contribution in [3.05, 3.63) is 34.9 Å². The summed E-state index contributed by atoms with van der Waals surface area (Å²) in [6, 6.07) is 2.32. The number of carbonyl (C=O) groups excluding carboxylic acids is 1. The first-order chi connectivity index (χ1) is 6.93. The summed E-state index contributed by atoms with van der Waals surface area (Å²) in [6.07, 6.45) is -5.74. The molecule has 0 heterocycles. The molecule has 1 amide bonds. The van der Waals surface area contributed by atoms with Gasteiger partial charge in [-0.25, -0.2) is 17.6 Å². The zero-order chi connectivity index (χ0) is 11.6. The summed E-state index contributed by atoms with van der Waals surface area (Å²) in [5.41, 5.74) is 3.10. The average Bonchev–Trinajstić information content (AvgIpc) is 2.16. The number of nitrogens with two attached hydrogens (primary N) is 1. The van der Waals surface area contributed by atoms with Crippen LogP contribution < -0.4 is 5.73 Å². The van der Waals surface area contributed by atoms with Gasteiger partial charge in [0.1, 0.15) is 0 Å². The van der Waals surface area contributed by atoms with Crippen molar-refractivity contribution in [1.29, 1.82) is 0 Å². The average molecular weight is 221 g/mol. The van der Waals surface area contributed by atoms with Crippen LogP contribution in [0.2, 0.25) is 0 Å². The summed E-state index contributed by atoms with van der Waals surface area (Å²) in [6.45, 7) is 0. The lowest BCUT2D eigenvalue weighted by molar-refractivity contribution is 0.0985. The van der Waals surface area contributed by atoms with E-state index in [0.29, 0.717) is 6.07 Å². The van der Waals surface area contributed by atoms with Crippen LogP contribution in [0.3, 0.4) is 0 Å². The first-order valence-electron chi connectivity index (χ1n) is 3.93. The van der Waals surface area contributed by atoms with E-state index in [1.807, 2.05) is 0 Å². The van der Waals surface area contributed by atoms with E-state index in [1.165, 1.54) is 0 Å². The lowest BCUT2D eigenvalue weighted by atomic mass is 10.0. The molecule has 2 nitrogen and oxygen atoms in total. The van der Waals surface area contributed by atoms with Gasteiger partial charge in [0.25, 0.3) is 12.9 Å². The molecule has 0 radical (unpaired) electrons. The van der Waals surface area contributed by atoms with Crippen molar-refractivity contribution in [3.63, 3.8) is 0 Å². The van der Waals surface area contributed by atoms with E-state index >= 15 is 0 Å².